The number of allylic oxidation sites excluding steroid dienone is 2. The average molecular weight is 380 g/mol. The third-order valence-electron chi connectivity index (χ3n) is 8.03. The molecule has 1 aromatic carbocycles. The van der Waals surface area contributed by atoms with Crippen molar-refractivity contribution in [1.29, 1.82) is 0 Å². The van der Waals surface area contributed by atoms with Crippen LogP contribution in [-0.2, 0) is 16.0 Å². The molecule has 0 aliphatic heterocycles. The van der Waals surface area contributed by atoms with Gasteiger partial charge in [-0.25, -0.2) is 0 Å². The van der Waals surface area contributed by atoms with Crippen LogP contribution in [0.2, 0.25) is 0 Å². The average Bonchev–Trinajstić information content (AvgIpc) is 3.09. The number of aryl methyl sites for hydroxylation is 1. The molecule has 0 saturated heterocycles. The zero-order valence-electron chi connectivity index (χ0n) is 17.9. The van der Waals surface area contributed by atoms with Gasteiger partial charge in [0.05, 0.1) is 12.5 Å². The standard InChI is InChI=1S/C25H33NO2/c1-16-8-6-9-19-18(15-26-22(16)19)14-25(4)17(2)11-12-21-20(25)10-7-13-24(21,3)23(27)28-5/h6,8-10,15,17,21,26H,7,11-14H2,1-5H3/t17-,21+,24+,25+/m1/s1. The molecule has 1 N–H and O–H groups in total. The summed E-state index contributed by atoms with van der Waals surface area (Å²) in [4.78, 5) is 16.2. The highest BCUT2D eigenvalue weighted by molar-refractivity contribution is 5.86. The summed E-state index contributed by atoms with van der Waals surface area (Å²) in [7, 11) is 1.53. The Hall–Kier alpha value is -2.03. The summed E-state index contributed by atoms with van der Waals surface area (Å²) in [5.41, 5.74) is 5.10. The van der Waals surface area contributed by atoms with Crippen molar-refractivity contribution >= 4 is 16.9 Å². The van der Waals surface area contributed by atoms with Gasteiger partial charge < -0.3 is 9.72 Å². The van der Waals surface area contributed by atoms with Gasteiger partial charge in [0.2, 0.25) is 0 Å². The normalized spacial score (nSPS) is 32.7. The number of hydrogen-bond donors (Lipinski definition) is 1. The molecule has 4 atom stereocenters. The van der Waals surface area contributed by atoms with Gasteiger partial charge in [0.1, 0.15) is 0 Å². The first-order valence-corrected chi connectivity index (χ1v) is 10.7. The van der Waals surface area contributed by atoms with Crippen LogP contribution in [0.3, 0.4) is 0 Å². The summed E-state index contributed by atoms with van der Waals surface area (Å²) in [6.45, 7) is 9.10. The number of ether oxygens (including phenoxy) is 1. The summed E-state index contributed by atoms with van der Waals surface area (Å²) in [6, 6.07) is 6.55. The van der Waals surface area contributed by atoms with Crippen LogP contribution in [0, 0.1) is 29.6 Å². The molecule has 2 aliphatic rings. The van der Waals surface area contributed by atoms with E-state index in [9.17, 15) is 4.79 Å². The van der Waals surface area contributed by atoms with Gasteiger partial charge in [0, 0.05) is 17.1 Å². The number of benzene rings is 1. The Morgan fingerprint density at radius 3 is 2.82 bits per heavy atom. The van der Waals surface area contributed by atoms with Crippen LogP contribution in [-0.4, -0.2) is 18.1 Å². The first kappa shape index (κ1) is 19.3. The lowest BCUT2D eigenvalue weighted by atomic mass is 9.51. The van der Waals surface area contributed by atoms with Crippen LogP contribution in [0.15, 0.2) is 36.0 Å². The molecule has 2 aliphatic carbocycles. The van der Waals surface area contributed by atoms with Crippen LogP contribution in [0.25, 0.3) is 10.9 Å². The number of para-hydroxylation sites is 1. The molecule has 0 spiro atoms. The van der Waals surface area contributed by atoms with E-state index in [1.165, 1.54) is 34.7 Å². The van der Waals surface area contributed by atoms with Gasteiger partial charge in [-0.2, -0.15) is 0 Å². The zero-order valence-corrected chi connectivity index (χ0v) is 17.9. The smallest absolute Gasteiger partial charge is 0.312 e. The molecule has 0 radical (unpaired) electrons. The molecule has 3 heteroatoms. The summed E-state index contributed by atoms with van der Waals surface area (Å²) in [5, 5.41) is 1.34. The van der Waals surface area contributed by atoms with Crippen molar-refractivity contribution in [1.82, 2.24) is 4.98 Å². The number of carbonyl (C=O) groups excluding carboxylic acids is 1. The SMILES string of the molecule is COC(=O)[C@@]1(C)CCC=C2[C@@H]1CC[C@@H](C)[C@]2(C)Cc1c[nH]c2c(C)cccc12. The van der Waals surface area contributed by atoms with Gasteiger partial charge in [-0.15, -0.1) is 0 Å². The number of rotatable bonds is 3. The maximum atomic E-state index is 12.7. The molecule has 1 heterocycles. The summed E-state index contributed by atoms with van der Waals surface area (Å²) in [5.74, 6) is 0.842. The molecular weight excluding hydrogens is 346 g/mol. The predicted molar refractivity (Wildman–Crippen MR) is 114 cm³/mol. The quantitative estimate of drug-likeness (QED) is 0.527. The summed E-state index contributed by atoms with van der Waals surface area (Å²) in [6.07, 6.45) is 9.76. The molecule has 1 aromatic heterocycles. The monoisotopic (exact) mass is 379 g/mol. The number of nitrogens with one attached hydrogen (secondary N) is 1. The van der Waals surface area contributed by atoms with Gasteiger partial charge in [-0.1, -0.05) is 43.7 Å². The predicted octanol–water partition coefficient (Wildman–Crippen LogP) is 5.97. The number of esters is 1. The molecule has 1 fully saturated rings. The highest BCUT2D eigenvalue weighted by atomic mass is 16.5. The Bertz CT molecular complexity index is 939. The van der Waals surface area contributed by atoms with Crippen LogP contribution in [0.1, 0.15) is 57.6 Å². The maximum Gasteiger partial charge on any atom is 0.312 e. The number of fused-ring (bicyclic) bond motifs is 2. The summed E-state index contributed by atoms with van der Waals surface area (Å²) < 4.78 is 5.24. The van der Waals surface area contributed by atoms with Crippen molar-refractivity contribution in [3.8, 4) is 0 Å². The second kappa shape index (κ2) is 6.79. The number of aromatic amines is 1. The van der Waals surface area contributed by atoms with E-state index in [1.807, 2.05) is 0 Å². The lowest BCUT2D eigenvalue weighted by Gasteiger charge is -2.52. The van der Waals surface area contributed by atoms with Gasteiger partial charge in [0.15, 0.2) is 0 Å². The second-order valence-corrected chi connectivity index (χ2v) is 9.54. The van der Waals surface area contributed by atoms with E-state index in [4.69, 9.17) is 4.74 Å². The van der Waals surface area contributed by atoms with Crippen LogP contribution < -0.4 is 0 Å². The maximum absolute atomic E-state index is 12.7. The van der Waals surface area contributed by atoms with E-state index < -0.39 is 5.41 Å². The van der Waals surface area contributed by atoms with Crippen LogP contribution >= 0.6 is 0 Å². The first-order valence-electron chi connectivity index (χ1n) is 10.7. The van der Waals surface area contributed by atoms with Crippen molar-refractivity contribution in [3.05, 3.63) is 47.2 Å². The Morgan fingerprint density at radius 1 is 1.29 bits per heavy atom. The van der Waals surface area contributed by atoms with Crippen molar-refractivity contribution in [2.75, 3.05) is 7.11 Å². The number of H-pyrrole nitrogens is 1. The fourth-order valence-electron chi connectivity index (χ4n) is 5.97. The van der Waals surface area contributed by atoms with Crippen LogP contribution in [0.4, 0.5) is 0 Å². The zero-order chi connectivity index (χ0) is 20.1. The molecule has 2 aromatic rings. The van der Waals surface area contributed by atoms with Gasteiger partial charge in [-0.3, -0.25) is 4.79 Å². The minimum Gasteiger partial charge on any atom is -0.469 e. The van der Waals surface area contributed by atoms with E-state index in [0.29, 0.717) is 11.8 Å². The third kappa shape index (κ3) is 2.74. The molecule has 28 heavy (non-hydrogen) atoms. The van der Waals surface area contributed by atoms with Gasteiger partial charge in [0.25, 0.3) is 0 Å². The fraction of sp³-hybridized carbons (Fsp3) is 0.560. The van der Waals surface area contributed by atoms with Crippen LogP contribution in [0.5, 0.6) is 0 Å². The largest absolute Gasteiger partial charge is 0.469 e. The van der Waals surface area contributed by atoms with Gasteiger partial charge in [-0.05, 0) is 74.3 Å². The van der Waals surface area contributed by atoms with Crippen molar-refractivity contribution in [3.63, 3.8) is 0 Å². The Kier molecular flexibility index (Phi) is 4.68. The lowest BCUT2D eigenvalue weighted by Crippen LogP contribution is -2.48. The Balaban J connectivity index is 1.75. The Morgan fingerprint density at radius 2 is 2.07 bits per heavy atom. The highest BCUT2D eigenvalue weighted by Gasteiger charge is 2.53. The minimum atomic E-state index is -0.392. The molecule has 4 rings (SSSR count). The first-order chi connectivity index (χ1) is 13.3. The van der Waals surface area contributed by atoms with E-state index in [2.05, 4.69) is 63.2 Å². The second-order valence-electron chi connectivity index (χ2n) is 9.54. The molecule has 0 bridgehead atoms. The number of aromatic nitrogens is 1. The van der Waals surface area contributed by atoms with E-state index in [-0.39, 0.29) is 11.4 Å². The molecule has 1 saturated carbocycles. The molecule has 150 valence electrons. The molecule has 0 amide bonds. The minimum absolute atomic E-state index is 0.0391. The number of methoxy groups -OCH3 is 1. The van der Waals surface area contributed by atoms with E-state index >= 15 is 0 Å². The number of carbonyl (C=O) groups is 1. The van der Waals surface area contributed by atoms with Gasteiger partial charge >= 0.3 is 5.97 Å². The topological polar surface area (TPSA) is 42.1 Å². The Labute approximate surface area is 168 Å². The molecular formula is C25H33NO2. The van der Waals surface area contributed by atoms with E-state index in [1.54, 1.807) is 0 Å². The molecule has 0 unspecified atom stereocenters. The summed E-state index contributed by atoms with van der Waals surface area (Å²) >= 11 is 0. The van der Waals surface area contributed by atoms with Crippen molar-refractivity contribution < 1.29 is 9.53 Å². The highest BCUT2D eigenvalue weighted by Crippen LogP contribution is 2.58. The number of hydrogen-bond acceptors (Lipinski definition) is 2. The molecule has 3 nitrogen and oxygen atoms in total. The fourth-order valence-corrected chi connectivity index (χ4v) is 5.97. The van der Waals surface area contributed by atoms with Crippen molar-refractivity contribution in [2.45, 2.75) is 59.8 Å². The van der Waals surface area contributed by atoms with E-state index in [0.717, 1.165) is 32.1 Å². The van der Waals surface area contributed by atoms with Crippen molar-refractivity contribution in [2.24, 2.45) is 22.7 Å². The third-order valence-corrected chi connectivity index (χ3v) is 8.03. The lowest BCUT2D eigenvalue weighted by molar-refractivity contribution is -0.156.